The average Bonchev–Trinajstić information content (AvgIpc) is 2.29. The molecule has 0 aliphatic heterocycles. The van der Waals surface area contributed by atoms with Gasteiger partial charge < -0.3 is 4.74 Å². The van der Waals surface area contributed by atoms with Crippen LogP contribution >= 0.6 is 22.6 Å². The van der Waals surface area contributed by atoms with E-state index in [1.54, 1.807) is 6.20 Å². The molecule has 0 saturated carbocycles. The molecule has 3 nitrogen and oxygen atoms in total. The van der Waals surface area contributed by atoms with Gasteiger partial charge in [-0.15, -0.1) is 0 Å². The molecule has 0 bridgehead atoms. The number of halogens is 1. The minimum absolute atomic E-state index is 0.0479. The maximum Gasteiger partial charge on any atom is 0.174 e. The van der Waals surface area contributed by atoms with Crippen molar-refractivity contribution in [3.63, 3.8) is 0 Å². The fourth-order valence-corrected chi connectivity index (χ4v) is 1.95. The molecule has 0 aliphatic carbocycles. The summed E-state index contributed by atoms with van der Waals surface area (Å²) in [5.41, 5.74) is 0.805. The summed E-state index contributed by atoms with van der Waals surface area (Å²) in [6.45, 7) is 0.0479. The molecule has 0 radical (unpaired) electrons. The molecule has 0 saturated heterocycles. The third-order valence-electron chi connectivity index (χ3n) is 1.97. The van der Waals surface area contributed by atoms with Gasteiger partial charge in [-0.05, 0) is 40.8 Å². The number of benzene rings is 1. The number of nitrogens with zero attached hydrogens (tertiary/aromatic N) is 2. The van der Waals surface area contributed by atoms with Gasteiger partial charge in [0.05, 0.1) is 0 Å². The summed E-state index contributed by atoms with van der Waals surface area (Å²) in [5, 5.41) is 9.51. The molecular weight excluding hydrogens is 303 g/mol. The van der Waals surface area contributed by atoms with Crippen LogP contribution in [-0.4, -0.2) is 11.6 Å². The van der Waals surface area contributed by atoms with Crippen molar-refractivity contribution in [2.75, 3.05) is 6.61 Å². The normalized spacial score (nSPS) is 9.87. The largest absolute Gasteiger partial charge is 0.476 e. The minimum Gasteiger partial charge on any atom is -0.476 e. The molecule has 0 atom stereocenters. The van der Waals surface area contributed by atoms with Gasteiger partial charge in [-0.3, -0.25) is 4.98 Å². The maximum absolute atomic E-state index is 8.46. The number of aromatic nitrogens is 1. The van der Waals surface area contributed by atoms with Crippen LogP contribution in [0.1, 0.15) is 0 Å². The molecule has 2 aromatic rings. The molecule has 1 aromatic carbocycles. The Morgan fingerprint density at radius 2 is 2.27 bits per heavy atom. The highest BCUT2D eigenvalue weighted by atomic mass is 127. The van der Waals surface area contributed by atoms with Crippen molar-refractivity contribution >= 4 is 33.5 Å². The highest BCUT2D eigenvalue weighted by Gasteiger charge is 2.05. The second-order valence-electron chi connectivity index (χ2n) is 2.89. The number of nitriles is 1. The van der Waals surface area contributed by atoms with Crippen molar-refractivity contribution in [1.82, 2.24) is 4.98 Å². The van der Waals surface area contributed by atoms with E-state index in [0.717, 1.165) is 14.5 Å². The lowest BCUT2D eigenvalue weighted by molar-refractivity contribution is 0.372. The van der Waals surface area contributed by atoms with E-state index >= 15 is 0 Å². The second-order valence-corrected chi connectivity index (χ2v) is 4.05. The molecule has 0 spiro atoms. The Kier molecular flexibility index (Phi) is 3.02. The van der Waals surface area contributed by atoms with Crippen LogP contribution in [0.15, 0.2) is 30.5 Å². The zero-order chi connectivity index (χ0) is 10.7. The molecule has 0 unspecified atom stereocenters. The van der Waals surface area contributed by atoms with Gasteiger partial charge in [-0.1, -0.05) is 6.07 Å². The lowest BCUT2D eigenvalue weighted by Crippen LogP contribution is -1.95. The number of hydrogen-bond donors (Lipinski definition) is 0. The zero-order valence-corrected chi connectivity index (χ0v) is 9.93. The smallest absolute Gasteiger partial charge is 0.174 e. The summed E-state index contributed by atoms with van der Waals surface area (Å²) < 4.78 is 6.42. The van der Waals surface area contributed by atoms with Gasteiger partial charge in [-0.25, -0.2) is 0 Å². The van der Waals surface area contributed by atoms with Crippen LogP contribution in [-0.2, 0) is 0 Å². The number of rotatable bonds is 2. The highest BCUT2D eigenvalue weighted by molar-refractivity contribution is 14.1. The first-order valence-corrected chi connectivity index (χ1v) is 5.44. The fraction of sp³-hybridized carbons (Fsp3) is 0.0909. The van der Waals surface area contributed by atoms with E-state index < -0.39 is 0 Å². The number of pyridine rings is 1. The predicted octanol–water partition coefficient (Wildman–Crippen LogP) is 2.74. The summed E-state index contributed by atoms with van der Waals surface area (Å²) in [6, 6.07) is 9.62. The third kappa shape index (κ3) is 2.02. The van der Waals surface area contributed by atoms with Crippen molar-refractivity contribution in [2.45, 2.75) is 0 Å². The molecule has 74 valence electrons. The van der Waals surface area contributed by atoms with Crippen LogP contribution in [0.3, 0.4) is 0 Å². The Balaban J connectivity index is 2.57. The number of fused-ring (bicyclic) bond motifs is 1. The van der Waals surface area contributed by atoms with E-state index in [0.29, 0.717) is 5.75 Å². The zero-order valence-electron chi connectivity index (χ0n) is 7.77. The Hall–Kier alpha value is -1.35. The van der Waals surface area contributed by atoms with Crippen molar-refractivity contribution in [3.05, 3.63) is 34.0 Å². The van der Waals surface area contributed by atoms with E-state index in [9.17, 15) is 0 Å². The van der Waals surface area contributed by atoms with E-state index in [4.69, 9.17) is 10.00 Å². The van der Waals surface area contributed by atoms with E-state index in [-0.39, 0.29) is 6.61 Å². The van der Waals surface area contributed by atoms with Crippen molar-refractivity contribution in [1.29, 1.82) is 5.26 Å². The van der Waals surface area contributed by atoms with Gasteiger partial charge in [0.2, 0.25) is 0 Å². The molecule has 0 N–H and O–H groups in total. The van der Waals surface area contributed by atoms with Gasteiger partial charge in [-0.2, -0.15) is 5.26 Å². The van der Waals surface area contributed by atoms with Gasteiger partial charge in [0, 0.05) is 15.2 Å². The summed E-state index contributed by atoms with van der Waals surface area (Å²) in [4.78, 5) is 4.26. The molecule has 0 amide bonds. The van der Waals surface area contributed by atoms with Crippen LogP contribution in [0.4, 0.5) is 0 Å². The summed E-state index contributed by atoms with van der Waals surface area (Å²) >= 11 is 2.25. The van der Waals surface area contributed by atoms with Crippen molar-refractivity contribution < 1.29 is 4.74 Å². The maximum atomic E-state index is 8.46. The first-order valence-electron chi connectivity index (χ1n) is 4.36. The van der Waals surface area contributed by atoms with Gasteiger partial charge >= 0.3 is 0 Å². The van der Waals surface area contributed by atoms with Crippen LogP contribution < -0.4 is 4.74 Å². The monoisotopic (exact) mass is 310 g/mol. The first-order chi connectivity index (χ1) is 7.33. The molecular formula is C11H7IN2O. The Bertz CT molecular complexity index is 534. The molecule has 1 heterocycles. The molecule has 0 aliphatic rings. The minimum atomic E-state index is 0.0479. The van der Waals surface area contributed by atoms with Crippen LogP contribution in [0.5, 0.6) is 5.75 Å². The fourth-order valence-electron chi connectivity index (χ4n) is 1.34. The molecule has 2 rings (SSSR count). The van der Waals surface area contributed by atoms with E-state index in [1.807, 2.05) is 30.3 Å². The summed E-state index contributed by atoms with van der Waals surface area (Å²) in [7, 11) is 0. The van der Waals surface area contributed by atoms with Crippen LogP contribution in [0.2, 0.25) is 0 Å². The summed E-state index contributed by atoms with van der Waals surface area (Å²) in [5.74, 6) is 0.660. The van der Waals surface area contributed by atoms with Crippen LogP contribution in [0.25, 0.3) is 10.9 Å². The van der Waals surface area contributed by atoms with Gasteiger partial charge in [0.15, 0.2) is 6.61 Å². The summed E-state index contributed by atoms with van der Waals surface area (Å²) in [6.07, 6.45) is 1.72. The highest BCUT2D eigenvalue weighted by Crippen LogP contribution is 2.27. The van der Waals surface area contributed by atoms with Crippen molar-refractivity contribution in [3.8, 4) is 11.8 Å². The van der Waals surface area contributed by atoms with Gasteiger partial charge in [0.25, 0.3) is 0 Å². The van der Waals surface area contributed by atoms with Gasteiger partial charge in [0.1, 0.15) is 17.3 Å². The standard InChI is InChI=1S/C11H7IN2O/c12-9-3-4-10(15-7-5-13)11-8(9)2-1-6-14-11/h1-4,6H,7H2. The van der Waals surface area contributed by atoms with Crippen molar-refractivity contribution in [2.24, 2.45) is 0 Å². The SMILES string of the molecule is N#CCOc1ccc(I)c2cccnc12. The average molecular weight is 310 g/mol. The first kappa shape index (κ1) is 10.2. The lowest BCUT2D eigenvalue weighted by Gasteiger charge is -2.06. The number of ether oxygens (including phenoxy) is 1. The molecule has 0 fully saturated rings. The quantitative estimate of drug-likeness (QED) is 0.801. The lowest BCUT2D eigenvalue weighted by atomic mass is 10.2. The Morgan fingerprint density at radius 1 is 1.40 bits per heavy atom. The number of hydrogen-bond acceptors (Lipinski definition) is 3. The predicted molar refractivity (Wildman–Crippen MR) is 65.6 cm³/mol. The molecule has 4 heteroatoms. The third-order valence-corrected chi connectivity index (χ3v) is 2.91. The Labute approximate surface area is 101 Å². The molecule has 15 heavy (non-hydrogen) atoms. The Morgan fingerprint density at radius 3 is 3.07 bits per heavy atom. The van der Waals surface area contributed by atoms with Crippen LogP contribution in [0, 0.1) is 14.9 Å². The van der Waals surface area contributed by atoms with E-state index in [2.05, 4.69) is 27.6 Å². The molecule has 1 aromatic heterocycles. The topological polar surface area (TPSA) is 45.9 Å². The second kappa shape index (κ2) is 4.45. The van der Waals surface area contributed by atoms with E-state index in [1.165, 1.54) is 0 Å².